The lowest BCUT2D eigenvalue weighted by molar-refractivity contribution is -0.135. The Morgan fingerprint density at radius 2 is 1.51 bits per heavy atom. The van der Waals surface area contributed by atoms with Crippen LogP contribution in [0.3, 0.4) is 0 Å². The molecule has 3 amide bonds. The third-order valence-electron chi connectivity index (χ3n) is 4.76. The molecule has 3 aromatic rings. The molecule has 0 aliphatic rings. The van der Waals surface area contributed by atoms with Gasteiger partial charge in [-0.1, -0.05) is 42.5 Å². The minimum atomic E-state index is -1.16. The highest BCUT2D eigenvalue weighted by atomic mass is 16.5. The summed E-state index contributed by atoms with van der Waals surface area (Å²) in [5, 5.41) is 16.3. The van der Waals surface area contributed by atoms with Gasteiger partial charge in [0.1, 0.15) is 18.0 Å². The number of para-hydroxylation sites is 1. The molecule has 3 aromatic carbocycles. The molecule has 0 spiro atoms. The van der Waals surface area contributed by atoms with Crippen LogP contribution in [0.25, 0.3) is 6.08 Å². The van der Waals surface area contributed by atoms with E-state index in [2.05, 4.69) is 16.0 Å². The van der Waals surface area contributed by atoms with Crippen LogP contribution in [0, 0.1) is 0 Å². The van der Waals surface area contributed by atoms with Crippen molar-refractivity contribution < 1.29 is 29.0 Å². The lowest BCUT2D eigenvalue weighted by atomic mass is 10.1. The van der Waals surface area contributed by atoms with Crippen LogP contribution in [0.1, 0.15) is 26.3 Å². The predicted octanol–water partition coefficient (Wildman–Crippen LogP) is 2.92. The molecule has 0 bridgehead atoms. The quantitative estimate of drug-likeness (QED) is 0.353. The number of nitrogens with one attached hydrogen (secondary N) is 3. The number of rotatable bonds is 9. The van der Waals surface area contributed by atoms with E-state index < -0.39 is 30.2 Å². The van der Waals surface area contributed by atoms with Crippen LogP contribution >= 0.6 is 0 Å². The highest BCUT2D eigenvalue weighted by molar-refractivity contribution is 6.11. The molecule has 0 fully saturated rings. The lowest BCUT2D eigenvalue weighted by Gasteiger charge is -2.13. The largest absolute Gasteiger partial charge is 0.496 e. The molecule has 0 saturated heterocycles. The number of carbonyl (C=O) groups excluding carboxylic acids is 3. The van der Waals surface area contributed by atoms with Gasteiger partial charge in [0.2, 0.25) is 0 Å². The molecule has 0 radical (unpaired) electrons. The molecular weight excluding hydrogens is 450 g/mol. The van der Waals surface area contributed by atoms with Crippen molar-refractivity contribution in [3.05, 3.63) is 101 Å². The second-order valence-corrected chi connectivity index (χ2v) is 7.23. The molecule has 35 heavy (non-hydrogen) atoms. The Kier molecular flexibility index (Phi) is 8.33. The van der Waals surface area contributed by atoms with E-state index in [0.717, 1.165) is 0 Å². The van der Waals surface area contributed by atoms with Crippen LogP contribution in [0.2, 0.25) is 0 Å². The Labute approximate surface area is 201 Å². The van der Waals surface area contributed by atoms with Gasteiger partial charge in [-0.05, 0) is 48.0 Å². The lowest BCUT2D eigenvalue weighted by Crippen LogP contribution is -2.31. The summed E-state index contributed by atoms with van der Waals surface area (Å²) in [6.45, 7) is -0.503. The number of hydrogen-bond donors (Lipinski definition) is 4. The number of carbonyl (C=O) groups is 4. The number of amides is 3. The number of carboxylic acids is 1. The van der Waals surface area contributed by atoms with Gasteiger partial charge in [0.05, 0.1) is 12.7 Å². The standard InChI is InChI=1S/C26H23N3O6/c1-35-22-10-6-5-9-20(22)25(33)29-21(15-17-7-3-2-4-8-17)26(34)28-19-13-11-18(12-14-19)24(32)27-16-23(30)31/h2-15H,16H2,1H3,(H,27,32)(H,28,34)(H,29,33)(H,30,31). The highest BCUT2D eigenvalue weighted by Gasteiger charge is 2.18. The number of benzene rings is 3. The Morgan fingerprint density at radius 1 is 0.857 bits per heavy atom. The number of hydrogen-bond acceptors (Lipinski definition) is 5. The summed E-state index contributed by atoms with van der Waals surface area (Å²) in [6.07, 6.45) is 1.54. The van der Waals surface area contributed by atoms with Crippen molar-refractivity contribution in [1.29, 1.82) is 0 Å². The van der Waals surface area contributed by atoms with Gasteiger partial charge in [0, 0.05) is 11.3 Å². The molecule has 3 rings (SSSR count). The van der Waals surface area contributed by atoms with Gasteiger partial charge < -0.3 is 25.8 Å². The first-order chi connectivity index (χ1) is 16.9. The molecule has 0 aliphatic carbocycles. The van der Waals surface area contributed by atoms with Crippen LogP contribution in [-0.2, 0) is 9.59 Å². The van der Waals surface area contributed by atoms with Crippen LogP contribution in [0.5, 0.6) is 5.75 Å². The third-order valence-corrected chi connectivity index (χ3v) is 4.76. The van der Waals surface area contributed by atoms with Crippen molar-refractivity contribution in [2.75, 3.05) is 19.0 Å². The van der Waals surface area contributed by atoms with Gasteiger partial charge >= 0.3 is 5.97 Å². The summed E-state index contributed by atoms with van der Waals surface area (Å²) in [4.78, 5) is 48.6. The van der Waals surface area contributed by atoms with Gasteiger partial charge in [0.25, 0.3) is 17.7 Å². The maximum absolute atomic E-state index is 13.1. The minimum Gasteiger partial charge on any atom is -0.496 e. The third kappa shape index (κ3) is 7.03. The monoisotopic (exact) mass is 473 g/mol. The van der Waals surface area contributed by atoms with Gasteiger partial charge in [-0.2, -0.15) is 0 Å². The summed E-state index contributed by atoms with van der Waals surface area (Å²) >= 11 is 0. The van der Waals surface area contributed by atoms with Crippen molar-refractivity contribution in [3.63, 3.8) is 0 Å². The Hall–Kier alpha value is -4.92. The van der Waals surface area contributed by atoms with Gasteiger partial charge in [-0.25, -0.2) is 0 Å². The first-order valence-corrected chi connectivity index (χ1v) is 10.5. The smallest absolute Gasteiger partial charge is 0.322 e. The Balaban J connectivity index is 1.80. The van der Waals surface area contributed by atoms with E-state index in [-0.39, 0.29) is 16.8 Å². The SMILES string of the molecule is COc1ccccc1C(=O)NC(=Cc1ccccc1)C(=O)Nc1ccc(C(=O)NCC(=O)O)cc1. The maximum atomic E-state index is 13.1. The highest BCUT2D eigenvalue weighted by Crippen LogP contribution is 2.18. The summed E-state index contributed by atoms with van der Waals surface area (Å²) in [5.74, 6) is -2.46. The first kappa shape index (κ1) is 24.7. The van der Waals surface area contributed by atoms with Gasteiger partial charge in [-0.15, -0.1) is 0 Å². The molecule has 0 heterocycles. The number of aliphatic carboxylic acids is 1. The molecule has 0 saturated carbocycles. The van der Waals surface area contributed by atoms with E-state index in [1.54, 1.807) is 48.5 Å². The second kappa shape index (κ2) is 11.8. The van der Waals surface area contributed by atoms with Crippen molar-refractivity contribution in [3.8, 4) is 5.75 Å². The van der Waals surface area contributed by atoms with E-state index in [9.17, 15) is 19.2 Å². The minimum absolute atomic E-state index is 0.00427. The molecule has 178 valence electrons. The van der Waals surface area contributed by atoms with Crippen LogP contribution in [0.4, 0.5) is 5.69 Å². The average molecular weight is 473 g/mol. The Bertz CT molecular complexity index is 1250. The summed E-state index contributed by atoms with van der Waals surface area (Å²) < 4.78 is 5.24. The maximum Gasteiger partial charge on any atom is 0.322 e. The molecule has 0 aliphatic heterocycles. The first-order valence-electron chi connectivity index (χ1n) is 10.5. The van der Waals surface area contributed by atoms with E-state index in [4.69, 9.17) is 9.84 Å². The number of methoxy groups -OCH3 is 1. The van der Waals surface area contributed by atoms with Crippen molar-refractivity contribution >= 4 is 35.5 Å². The fourth-order valence-electron chi connectivity index (χ4n) is 3.06. The second-order valence-electron chi connectivity index (χ2n) is 7.23. The Morgan fingerprint density at radius 3 is 2.17 bits per heavy atom. The molecule has 4 N–H and O–H groups in total. The zero-order valence-corrected chi connectivity index (χ0v) is 18.8. The van der Waals surface area contributed by atoms with Crippen molar-refractivity contribution in [1.82, 2.24) is 10.6 Å². The number of ether oxygens (including phenoxy) is 1. The van der Waals surface area contributed by atoms with Crippen LogP contribution < -0.4 is 20.7 Å². The van der Waals surface area contributed by atoms with Gasteiger partial charge in [-0.3, -0.25) is 19.2 Å². The fraction of sp³-hybridized carbons (Fsp3) is 0.0769. The van der Waals surface area contributed by atoms with Crippen LogP contribution in [-0.4, -0.2) is 42.5 Å². The number of carboxylic acid groups (broad SMARTS) is 1. The zero-order chi connectivity index (χ0) is 25.2. The number of anilines is 1. The van der Waals surface area contributed by atoms with Crippen molar-refractivity contribution in [2.24, 2.45) is 0 Å². The van der Waals surface area contributed by atoms with Crippen molar-refractivity contribution in [2.45, 2.75) is 0 Å². The van der Waals surface area contributed by atoms with Gasteiger partial charge in [0.15, 0.2) is 0 Å². The van der Waals surface area contributed by atoms with E-state index in [1.165, 1.54) is 37.5 Å². The topological polar surface area (TPSA) is 134 Å². The molecular formula is C26H23N3O6. The normalized spacial score (nSPS) is 10.7. The van der Waals surface area contributed by atoms with E-state index >= 15 is 0 Å². The van der Waals surface area contributed by atoms with E-state index in [1.807, 2.05) is 6.07 Å². The fourth-order valence-corrected chi connectivity index (χ4v) is 3.06. The van der Waals surface area contributed by atoms with Crippen LogP contribution in [0.15, 0.2) is 84.6 Å². The molecule has 9 heteroatoms. The molecule has 9 nitrogen and oxygen atoms in total. The van der Waals surface area contributed by atoms with E-state index in [0.29, 0.717) is 17.0 Å². The predicted molar refractivity (Wildman–Crippen MR) is 130 cm³/mol. The molecule has 0 atom stereocenters. The molecule has 0 unspecified atom stereocenters. The summed E-state index contributed by atoms with van der Waals surface area (Å²) in [5.41, 5.74) is 1.56. The zero-order valence-electron chi connectivity index (χ0n) is 18.8. The summed E-state index contributed by atoms with van der Waals surface area (Å²) in [6, 6.07) is 21.5. The molecule has 0 aromatic heterocycles. The average Bonchev–Trinajstić information content (AvgIpc) is 2.87. The summed E-state index contributed by atoms with van der Waals surface area (Å²) in [7, 11) is 1.45.